The first-order chi connectivity index (χ1) is 9.11. The van der Waals surface area contributed by atoms with Gasteiger partial charge in [0.25, 0.3) is 0 Å². The number of fused-ring (bicyclic) bond motifs is 2. The summed E-state index contributed by atoms with van der Waals surface area (Å²) in [4.78, 5) is 17.4. The van der Waals surface area contributed by atoms with E-state index in [1.54, 1.807) is 12.1 Å². The van der Waals surface area contributed by atoms with E-state index in [9.17, 15) is 4.79 Å². The number of carbonyl (C=O) groups is 1. The molecule has 1 aliphatic carbocycles. The van der Waals surface area contributed by atoms with Gasteiger partial charge in [0.15, 0.2) is 0 Å². The Morgan fingerprint density at radius 3 is 2.68 bits per heavy atom. The van der Waals surface area contributed by atoms with Crippen molar-refractivity contribution in [3.05, 3.63) is 42.0 Å². The van der Waals surface area contributed by atoms with Crippen LogP contribution in [0.5, 0.6) is 0 Å². The molecule has 3 aliphatic rings. The number of esters is 1. The third-order valence-electron chi connectivity index (χ3n) is 3.76. The van der Waals surface area contributed by atoms with Crippen LogP contribution in [0.15, 0.2) is 36.4 Å². The van der Waals surface area contributed by atoms with Crippen LogP contribution in [0.3, 0.4) is 0 Å². The third-order valence-corrected chi connectivity index (χ3v) is 3.76. The molecular formula is C15H17NO3. The molecule has 2 bridgehead atoms. The van der Waals surface area contributed by atoms with Crippen molar-refractivity contribution >= 4 is 11.7 Å². The van der Waals surface area contributed by atoms with Crippen molar-refractivity contribution in [2.24, 2.45) is 0 Å². The lowest BCUT2D eigenvalue weighted by Gasteiger charge is -2.47. The van der Waals surface area contributed by atoms with Crippen molar-refractivity contribution in [1.82, 2.24) is 0 Å². The highest BCUT2D eigenvalue weighted by atomic mass is 16.7. The second-order valence-corrected chi connectivity index (χ2v) is 5.23. The largest absolute Gasteiger partial charge is 0.465 e. The van der Waals surface area contributed by atoms with Crippen molar-refractivity contribution in [3.8, 4) is 0 Å². The zero-order valence-electron chi connectivity index (χ0n) is 11.1. The molecule has 4 rings (SSSR count). The molecule has 1 aromatic rings. The smallest absolute Gasteiger partial charge is 0.337 e. The fourth-order valence-electron chi connectivity index (χ4n) is 2.60. The summed E-state index contributed by atoms with van der Waals surface area (Å²) in [6, 6.07) is 7.59. The number of methoxy groups -OCH3 is 1. The molecular weight excluding hydrogens is 242 g/mol. The van der Waals surface area contributed by atoms with Crippen molar-refractivity contribution in [2.75, 3.05) is 12.2 Å². The first-order valence-electron chi connectivity index (χ1n) is 6.47. The number of carbonyl (C=O) groups excluding carboxylic acids is 1. The van der Waals surface area contributed by atoms with E-state index in [1.165, 1.54) is 7.11 Å². The van der Waals surface area contributed by atoms with Crippen LogP contribution in [0.1, 0.15) is 30.1 Å². The van der Waals surface area contributed by atoms with Gasteiger partial charge in [-0.2, -0.15) is 0 Å². The SMILES string of the molecule is COC(=O)c1ccc(N2O[C@@]3(C)C=C[C@H]2CC3)cc1. The van der Waals surface area contributed by atoms with Gasteiger partial charge in [0.1, 0.15) is 5.60 Å². The van der Waals surface area contributed by atoms with Crippen LogP contribution in [-0.4, -0.2) is 24.7 Å². The molecule has 19 heavy (non-hydrogen) atoms. The normalized spacial score (nSPS) is 28.5. The molecule has 0 saturated carbocycles. The quantitative estimate of drug-likeness (QED) is 0.604. The van der Waals surface area contributed by atoms with Crippen molar-refractivity contribution in [3.63, 3.8) is 0 Å². The van der Waals surface area contributed by atoms with Crippen molar-refractivity contribution in [1.29, 1.82) is 0 Å². The highest BCUT2D eigenvalue weighted by Gasteiger charge is 2.39. The van der Waals surface area contributed by atoms with Gasteiger partial charge in [0.2, 0.25) is 0 Å². The van der Waals surface area contributed by atoms with Crippen LogP contribution in [0.4, 0.5) is 5.69 Å². The number of hydrogen-bond acceptors (Lipinski definition) is 4. The van der Waals surface area contributed by atoms with Crippen LogP contribution in [0.25, 0.3) is 0 Å². The summed E-state index contributed by atoms with van der Waals surface area (Å²) in [5, 5.41) is 1.94. The Balaban J connectivity index is 1.84. The number of benzene rings is 1. The maximum Gasteiger partial charge on any atom is 0.337 e. The van der Waals surface area contributed by atoms with Gasteiger partial charge in [-0.25, -0.2) is 9.86 Å². The molecule has 0 radical (unpaired) electrons. The third kappa shape index (κ3) is 2.12. The van der Waals surface area contributed by atoms with Crippen molar-refractivity contribution < 1.29 is 14.4 Å². The van der Waals surface area contributed by atoms with Crippen LogP contribution in [-0.2, 0) is 9.57 Å². The minimum absolute atomic E-state index is 0.199. The Morgan fingerprint density at radius 2 is 2.16 bits per heavy atom. The van der Waals surface area contributed by atoms with E-state index in [-0.39, 0.29) is 17.6 Å². The molecule has 2 atom stereocenters. The van der Waals surface area contributed by atoms with Crippen LogP contribution >= 0.6 is 0 Å². The second-order valence-electron chi connectivity index (χ2n) is 5.23. The predicted octanol–water partition coefficient (Wildman–Crippen LogP) is 2.70. The Hall–Kier alpha value is -1.81. The molecule has 0 spiro atoms. The van der Waals surface area contributed by atoms with Gasteiger partial charge < -0.3 is 4.74 Å². The van der Waals surface area contributed by atoms with Gasteiger partial charge in [-0.3, -0.25) is 4.84 Å². The first kappa shape index (κ1) is 12.2. The molecule has 0 aromatic heterocycles. The number of hydroxylamine groups is 1. The molecule has 2 aliphatic heterocycles. The Kier molecular flexibility index (Phi) is 2.82. The van der Waals surface area contributed by atoms with Gasteiger partial charge in [-0.15, -0.1) is 0 Å². The van der Waals surface area contributed by atoms with E-state index >= 15 is 0 Å². The number of hydrogen-bond donors (Lipinski definition) is 0. The second kappa shape index (κ2) is 4.38. The van der Waals surface area contributed by atoms with E-state index in [1.807, 2.05) is 17.2 Å². The summed E-state index contributed by atoms with van der Waals surface area (Å²) in [5.41, 5.74) is 1.32. The minimum atomic E-state index is -0.320. The minimum Gasteiger partial charge on any atom is -0.465 e. The zero-order chi connectivity index (χ0) is 13.5. The molecule has 0 amide bonds. The van der Waals surface area contributed by atoms with E-state index in [0.29, 0.717) is 5.56 Å². The average Bonchev–Trinajstić information content (AvgIpc) is 2.46. The summed E-state index contributed by atoms with van der Waals surface area (Å²) in [6.45, 7) is 2.09. The summed E-state index contributed by atoms with van der Waals surface area (Å²) in [7, 11) is 1.38. The lowest BCUT2D eigenvalue weighted by atomic mass is 9.88. The van der Waals surface area contributed by atoms with Gasteiger partial charge in [0, 0.05) is 0 Å². The summed E-state index contributed by atoms with van der Waals surface area (Å²) in [5.74, 6) is -0.320. The fourth-order valence-corrected chi connectivity index (χ4v) is 2.60. The molecule has 1 fully saturated rings. The Labute approximate surface area is 112 Å². The summed E-state index contributed by atoms with van der Waals surface area (Å²) in [6.07, 6.45) is 6.47. The topological polar surface area (TPSA) is 38.8 Å². The first-order valence-corrected chi connectivity index (χ1v) is 6.47. The molecule has 0 N–H and O–H groups in total. The number of rotatable bonds is 2. The van der Waals surface area contributed by atoms with E-state index in [0.717, 1.165) is 18.5 Å². The molecule has 4 nitrogen and oxygen atoms in total. The molecule has 0 unspecified atom stereocenters. The molecule has 1 saturated heterocycles. The van der Waals surface area contributed by atoms with Gasteiger partial charge in [-0.1, -0.05) is 12.2 Å². The zero-order valence-corrected chi connectivity index (χ0v) is 11.1. The van der Waals surface area contributed by atoms with E-state index < -0.39 is 0 Å². The molecule has 4 heteroatoms. The van der Waals surface area contributed by atoms with Gasteiger partial charge >= 0.3 is 5.97 Å². The Morgan fingerprint density at radius 1 is 1.42 bits per heavy atom. The predicted molar refractivity (Wildman–Crippen MR) is 71.9 cm³/mol. The maximum atomic E-state index is 11.4. The van der Waals surface area contributed by atoms with Gasteiger partial charge in [-0.05, 0) is 44.0 Å². The summed E-state index contributed by atoms with van der Waals surface area (Å²) >= 11 is 0. The van der Waals surface area contributed by atoms with Crippen LogP contribution in [0, 0.1) is 0 Å². The van der Waals surface area contributed by atoms with Crippen LogP contribution in [0.2, 0.25) is 0 Å². The van der Waals surface area contributed by atoms with E-state index in [2.05, 4.69) is 19.1 Å². The lowest BCUT2D eigenvalue weighted by molar-refractivity contribution is -0.0662. The van der Waals surface area contributed by atoms with Crippen LogP contribution < -0.4 is 5.06 Å². The highest BCUT2D eigenvalue weighted by Crippen LogP contribution is 2.38. The van der Waals surface area contributed by atoms with Gasteiger partial charge in [0.05, 0.1) is 24.4 Å². The highest BCUT2D eigenvalue weighted by molar-refractivity contribution is 5.89. The van der Waals surface area contributed by atoms with Crippen molar-refractivity contribution in [2.45, 2.75) is 31.4 Å². The monoisotopic (exact) mass is 259 g/mol. The Bertz CT molecular complexity index is 523. The standard InChI is InChI=1S/C15H17NO3/c1-15-9-7-13(8-10-15)16(19-15)12-5-3-11(4-6-12)14(17)18-2/h3-7,9,13H,8,10H2,1-2H3/t13-,15-/m0/s1. The maximum absolute atomic E-state index is 11.4. The molecule has 1 aromatic carbocycles. The molecule has 100 valence electrons. The molecule has 2 heterocycles. The fraction of sp³-hybridized carbons (Fsp3) is 0.400. The number of nitrogens with zero attached hydrogens (tertiary/aromatic N) is 1. The summed E-state index contributed by atoms with van der Waals surface area (Å²) < 4.78 is 4.69. The van der Waals surface area contributed by atoms with E-state index in [4.69, 9.17) is 9.57 Å². The lowest BCUT2D eigenvalue weighted by Crippen LogP contribution is -2.51. The average molecular weight is 259 g/mol. The number of ether oxygens (including phenoxy) is 1. The number of anilines is 1.